The summed E-state index contributed by atoms with van der Waals surface area (Å²) < 4.78 is 6.68. The number of anilines is 1. The summed E-state index contributed by atoms with van der Waals surface area (Å²) in [5.74, 6) is 7.14. The van der Waals surface area contributed by atoms with E-state index in [0.717, 1.165) is 13.1 Å². The molecule has 1 aliphatic heterocycles. The molecule has 1 amide bonds. The Kier molecular flexibility index (Phi) is 5.25. The molecule has 8 nitrogen and oxygen atoms in total. The van der Waals surface area contributed by atoms with E-state index in [1.807, 2.05) is 30.0 Å². The Hall–Kier alpha value is -2.94. The number of aromatic nitrogens is 3. The molecule has 2 N–H and O–H groups in total. The average Bonchev–Trinajstić information content (AvgIpc) is 3.38. The van der Waals surface area contributed by atoms with Crippen LogP contribution in [0.1, 0.15) is 6.92 Å². The molecule has 0 saturated carbocycles. The molecule has 4 rings (SSSR count). The quantitative estimate of drug-likeness (QED) is 0.519. The zero-order valence-corrected chi connectivity index (χ0v) is 16.4. The number of hydrogen-bond acceptors (Lipinski definition) is 7. The smallest absolute Gasteiger partial charge is 0.236 e. The Bertz CT molecular complexity index is 919. The molecular weight excluding hydrogens is 376 g/mol. The average molecular weight is 398 g/mol. The summed E-state index contributed by atoms with van der Waals surface area (Å²) in [5, 5.41) is 8.35. The van der Waals surface area contributed by atoms with Gasteiger partial charge in [0, 0.05) is 31.9 Å². The Balaban J connectivity index is 1.36. The van der Waals surface area contributed by atoms with Crippen LogP contribution in [-0.2, 0) is 4.79 Å². The number of thioether (sulfide) groups is 1. The summed E-state index contributed by atoms with van der Waals surface area (Å²) >= 11 is 1.31. The van der Waals surface area contributed by atoms with Gasteiger partial charge < -0.3 is 20.1 Å². The molecule has 2 aromatic heterocycles. The molecule has 0 bridgehead atoms. The van der Waals surface area contributed by atoms with E-state index in [-0.39, 0.29) is 11.2 Å². The van der Waals surface area contributed by atoms with Gasteiger partial charge >= 0.3 is 0 Å². The van der Waals surface area contributed by atoms with Gasteiger partial charge in [0.2, 0.25) is 16.9 Å². The zero-order chi connectivity index (χ0) is 19.5. The number of piperazine rings is 1. The molecule has 1 atom stereocenters. The topological polar surface area (TPSA) is 93.4 Å². The summed E-state index contributed by atoms with van der Waals surface area (Å²) in [4.78, 5) is 17.1. The molecule has 3 heterocycles. The number of carbonyl (C=O) groups excluding carboxylic acids is 1. The van der Waals surface area contributed by atoms with E-state index in [2.05, 4.69) is 27.2 Å². The maximum atomic E-state index is 12.9. The number of amides is 1. The fourth-order valence-electron chi connectivity index (χ4n) is 3.22. The van der Waals surface area contributed by atoms with Crippen LogP contribution >= 0.6 is 11.8 Å². The molecular formula is C19H22N6O2S. The van der Waals surface area contributed by atoms with Gasteiger partial charge in [-0.05, 0) is 31.2 Å². The Labute approximate surface area is 167 Å². The molecule has 0 spiro atoms. The molecule has 0 radical (unpaired) electrons. The second kappa shape index (κ2) is 7.97. The van der Waals surface area contributed by atoms with Crippen molar-refractivity contribution >= 4 is 23.4 Å². The molecule has 1 aliphatic rings. The van der Waals surface area contributed by atoms with Crippen LogP contribution in [0.15, 0.2) is 58.3 Å². The van der Waals surface area contributed by atoms with Gasteiger partial charge in [0.25, 0.3) is 0 Å². The third-order valence-electron chi connectivity index (χ3n) is 4.75. The van der Waals surface area contributed by atoms with Crippen LogP contribution in [0, 0.1) is 0 Å². The molecule has 146 valence electrons. The molecule has 1 saturated heterocycles. The highest BCUT2D eigenvalue weighted by molar-refractivity contribution is 8.00. The lowest BCUT2D eigenvalue weighted by molar-refractivity contribution is -0.130. The first-order valence-corrected chi connectivity index (χ1v) is 10.0. The van der Waals surface area contributed by atoms with Gasteiger partial charge in [-0.1, -0.05) is 30.0 Å². The van der Waals surface area contributed by atoms with Gasteiger partial charge in [-0.15, -0.1) is 10.2 Å². The van der Waals surface area contributed by atoms with Gasteiger partial charge in [0.05, 0.1) is 11.5 Å². The standard InChI is InChI=1S/C19H22N6O2S/c1-14(28-19-22-21-17(25(19)20)16-8-5-13-27-16)18(26)24-11-9-23(10-12-24)15-6-3-2-4-7-15/h2-8,13-14H,9-12,20H2,1H3/t14-/m0/s1. The molecule has 0 unspecified atom stereocenters. The molecule has 1 fully saturated rings. The predicted octanol–water partition coefficient (Wildman–Crippen LogP) is 2.08. The van der Waals surface area contributed by atoms with Crippen molar-refractivity contribution in [1.82, 2.24) is 19.8 Å². The molecule has 0 aliphatic carbocycles. The lowest BCUT2D eigenvalue weighted by atomic mass is 10.2. The van der Waals surface area contributed by atoms with E-state index in [0.29, 0.717) is 29.8 Å². The van der Waals surface area contributed by atoms with Crippen molar-refractivity contribution in [2.75, 3.05) is 36.9 Å². The van der Waals surface area contributed by atoms with Gasteiger partial charge in [-0.25, -0.2) is 4.68 Å². The fraction of sp³-hybridized carbons (Fsp3) is 0.316. The van der Waals surface area contributed by atoms with E-state index in [1.165, 1.54) is 22.1 Å². The number of para-hydroxylation sites is 1. The molecule has 9 heteroatoms. The summed E-state index contributed by atoms with van der Waals surface area (Å²) in [7, 11) is 0. The van der Waals surface area contributed by atoms with Gasteiger partial charge in [-0.3, -0.25) is 4.79 Å². The first-order valence-electron chi connectivity index (χ1n) is 9.13. The number of furan rings is 1. The number of nitrogens with two attached hydrogens (primary N) is 1. The fourth-order valence-corrected chi connectivity index (χ4v) is 4.07. The lowest BCUT2D eigenvalue weighted by Crippen LogP contribution is -2.50. The van der Waals surface area contributed by atoms with Gasteiger partial charge in [-0.2, -0.15) is 0 Å². The van der Waals surface area contributed by atoms with E-state index in [1.54, 1.807) is 18.4 Å². The highest BCUT2D eigenvalue weighted by Gasteiger charge is 2.27. The van der Waals surface area contributed by atoms with Gasteiger partial charge in [0.1, 0.15) is 0 Å². The maximum Gasteiger partial charge on any atom is 0.236 e. The third-order valence-corrected chi connectivity index (χ3v) is 5.79. The van der Waals surface area contributed by atoms with Crippen LogP contribution in [0.4, 0.5) is 5.69 Å². The first kappa shape index (κ1) is 18.4. The second-order valence-electron chi connectivity index (χ2n) is 6.56. The molecule has 28 heavy (non-hydrogen) atoms. The lowest BCUT2D eigenvalue weighted by Gasteiger charge is -2.37. The summed E-state index contributed by atoms with van der Waals surface area (Å²) in [6, 6.07) is 13.8. The largest absolute Gasteiger partial charge is 0.461 e. The number of nitrogen functional groups attached to an aromatic ring is 1. The van der Waals surface area contributed by atoms with Crippen LogP contribution in [0.25, 0.3) is 11.6 Å². The van der Waals surface area contributed by atoms with Crippen molar-refractivity contribution in [3.8, 4) is 11.6 Å². The Morgan fingerprint density at radius 1 is 1.11 bits per heavy atom. The third kappa shape index (κ3) is 3.70. The van der Waals surface area contributed by atoms with E-state index >= 15 is 0 Å². The number of carbonyl (C=O) groups is 1. The number of nitrogens with zero attached hydrogens (tertiary/aromatic N) is 5. The zero-order valence-electron chi connectivity index (χ0n) is 15.6. The van der Waals surface area contributed by atoms with Crippen molar-refractivity contribution in [1.29, 1.82) is 0 Å². The van der Waals surface area contributed by atoms with Crippen molar-refractivity contribution in [2.24, 2.45) is 0 Å². The summed E-state index contributed by atoms with van der Waals surface area (Å²) in [6.07, 6.45) is 1.55. The van der Waals surface area contributed by atoms with E-state index in [9.17, 15) is 4.79 Å². The SMILES string of the molecule is C[C@H](Sc1nnc(-c2ccco2)n1N)C(=O)N1CCN(c2ccccc2)CC1. The molecule has 3 aromatic rings. The number of hydrogen-bond donors (Lipinski definition) is 1. The molecule has 1 aromatic carbocycles. The second-order valence-corrected chi connectivity index (χ2v) is 7.87. The van der Waals surface area contributed by atoms with Crippen molar-refractivity contribution < 1.29 is 9.21 Å². The van der Waals surface area contributed by atoms with Crippen LogP contribution in [0.3, 0.4) is 0 Å². The Morgan fingerprint density at radius 3 is 2.54 bits per heavy atom. The normalized spacial score (nSPS) is 15.6. The van der Waals surface area contributed by atoms with Gasteiger partial charge in [0.15, 0.2) is 5.76 Å². The van der Waals surface area contributed by atoms with Crippen molar-refractivity contribution in [3.05, 3.63) is 48.7 Å². The first-order chi connectivity index (χ1) is 13.6. The van der Waals surface area contributed by atoms with E-state index < -0.39 is 0 Å². The predicted molar refractivity (Wildman–Crippen MR) is 108 cm³/mol. The van der Waals surface area contributed by atoms with Crippen molar-refractivity contribution in [3.63, 3.8) is 0 Å². The van der Waals surface area contributed by atoms with Crippen LogP contribution in [0.5, 0.6) is 0 Å². The number of rotatable bonds is 5. The Morgan fingerprint density at radius 2 is 1.86 bits per heavy atom. The highest BCUT2D eigenvalue weighted by atomic mass is 32.2. The van der Waals surface area contributed by atoms with Crippen LogP contribution in [-0.4, -0.2) is 57.1 Å². The summed E-state index contributed by atoms with van der Waals surface area (Å²) in [6.45, 7) is 4.92. The monoisotopic (exact) mass is 398 g/mol. The minimum atomic E-state index is -0.306. The van der Waals surface area contributed by atoms with Crippen molar-refractivity contribution in [2.45, 2.75) is 17.3 Å². The summed E-state index contributed by atoms with van der Waals surface area (Å²) in [5.41, 5.74) is 1.19. The maximum absolute atomic E-state index is 12.9. The van der Waals surface area contributed by atoms with Crippen LogP contribution in [0.2, 0.25) is 0 Å². The van der Waals surface area contributed by atoms with E-state index in [4.69, 9.17) is 10.3 Å². The van der Waals surface area contributed by atoms with Crippen LogP contribution < -0.4 is 10.7 Å². The minimum absolute atomic E-state index is 0.0836. The highest BCUT2D eigenvalue weighted by Crippen LogP contribution is 2.26. The minimum Gasteiger partial charge on any atom is -0.461 e. The number of benzene rings is 1.